The smallest absolute Gasteiger partial charge is 0.243 e. The lowest BCUT2D eigenvalue weighted by molar-refractivity contribution is -0.173. The van der Waals surface area contributed by atoms with E-state index in [2.05, 4.69) is 57.5 Å². The predicted molar refractivity (Wildman–Crippen MR) is 146 cm³/mol. The molecule has 4 aromatic heterocycles. The third kappa shape index (κ3) is 3.90. The number of nitrogens with one attached hydrogen (secondary N) is 1. The van der Waals surface area contributed by atoms with Crippen LogP contribution in [0.2, 0.25) is 0 Å². The third-order valence-electron chi connectivity index (χ3n) is 8.31. The van der Waals surface area contributed by atoms with Crippen molar-refractivity contribution in [1.82, 2.24) is 34.0 Å². The van der Waals surface area contributed by atoms with Crippen LogP contribution in [0.4, 0.5) is 16.2 Å². The Kier molecular flexibility index (Phi) is 6.03. The van der Waals surface area contributed by atoms with E-state index in [9.17, 15) is 0 Å². The molecule has 2 unspecified atom stereocenters. The van der Waals surface area contributed by atoms with Gasteiger partial charge in [0.05, 0.1) is 30.5 Å². The minimum atomic E-state index is -1.05. The highest BCUT2D eigenvalue weighted by molar-refractivity contribution is 5.88. The summed E-state index contributed by atoms with van der Waals surface area (Å²) >= 11 is 0. The largest absolute Gasteiger partial charge is 0.382 e. The molecule has 38 heavy (non-hydrogen) atoms. The van der Waals surface area contributed by atoms with E-state index in [4.69, 9.17) is 15.5 Å². The van der Waals surface area contributed by atoms with Crippen LogP contribution in [0.15, 0.2) is 24.4 Å². The van der Waals surface area contributed by atoms with Crippen molar-refractivity contribution in [2.24, 2.45) is 5.92 Å². The highest BCUT2D eigenvalue weighted by Gasteiger charge is 2.49. The highest BCUT2D eigenvalue weighted by atomic mass is 19.1. The van der Waals surface area contributed by atoms with E-state index in [1.807, 2.05) is 31.3 Å². The molecule has 0 amide bonds. The second-order valence-corrected chi connectivity index (χ2v) is 11.3. The lowest BCUT2D eigenvalue weighted by Crippen LogP contribution is -2.68. The van der Waals surface area contributed by atoms with E-state index >= 15 is 4.39 Å². The van der Waals surface area contributed by atoms with Crippen LogP contribution in [0, 0.1) is 12.8 Å². The number of alkyl halides is 1. The molecular weight excluding hydrogens is 485 g/mol. The van der Waals surface area contributed by atoms with Gasteiger partial charge in [-0.1, -0.05) is 13.8 Å². The van der Waals surface area contributed by atoms with Gasteiger partial charge >= 0.3 is 0 Å². The number of halogens is 1. The highest BCUT2D eigenvalue weighted by Crippen LogP contribution is 2.36. The summed E-state index contributed by atoms with van der Waals surface area (Å²) in [6.07, 6.45) is 1.44. The van der Waals surface area contributed by atoms with Gasteiger partial charge in [-0.25, -0.2) is 18.9 Å². The van der Waals surface area contributed by atoms with Gasteiger partial charge in [-0.05, 0) is 51.3 Å². The first-order chi connectivity index (χ1) is 18.2. The van der Waals surface area contributed by atoms with Gasteiger partial charge in [0.25, 0.3) is 0 Å². The minimum Gasteiger partial charge on any atom is -0.382 e. The van der Waals surface area contributed by atoms with Gasteiger partial charge in [0.15, 0.2) is 11.5 Å². The van der Waals surface area contributed by atoms with Crippen LogP contribution in [0.1, 0.15) is 46.0 Å². The topological polar surface area (TPSA) is 111 Å². The van der Waals surface area contributed by atoms with Gasteiger partial charge in [0, 0.05) is 30.9 Å². The van der Waals surface area contributed by atoms with Gasteiger partial charge in [-0.3, -0.25) is 4.90 Å². The number of pyridine rings is 1. The van der Waals surface area contributed by atoms with Crippen molar-refractivity contribution in [3.05, 3.63) is 30.2 Å². The molecule has 0 saturated carbocycles. The van der Waals surface area contributed by atoms with E-state index in [1.165, 1.54) is 0 Å². The number of anilines is 2. The van der Waals surface area contributed by atoms with E-state index in [0.29, 0.717) is 49.4 Å². The first kappa shape index (κ1) is 25.0. The van der Waals surface area contributed by atoms with Crippen LogP contribution < -0.4 is 11.1 Å². The molecule has 0 aromatic carbocycles. The molecule has 2 aliphatic heterocycles. The number of aromatic nitrogens is 6. The number of rotatable bonds is 6. The maximum atomic E-state index is 15.3. The SMILES string of the molecule is Cc1nc2ccc(-c3ccn4nc(NC5CCN(C6(C(C)C)COC6)CC5F)nc(N)c34)nc2n1C(C)C. The molecule has 0 aliphatic carbocycles. The number of hydrogen-bond acceptors (Lipinski definition) is 8. The molecule has 202 valence electrons. The zero-order valence-electron chi connectivity index (χ0n) is 22.6. The summed E-state index contributed by atoms with van der Waals surface area (Å²) in [5.41, 5.74) is 10.4. The molecule has 2 aliphatic rings. The van der Waals surface area contributed by atoms with Crippen LogP contribution in [0.25, 0.3) is 27.9 Å². The number of piperidine rings is 1. The van der Waals surface area contributed by atoms with Crippen LogP contribution in [0.3, 0.4) is 0 Å². The normalized spacial score (nSPS) is 22.0. The van der Waals surface area contributed by atoms with Crippen molar-refractivity contribution in [2.45, 2.75) is 64.8 Å². The average molecular weight is 522 g/mol. The second-order valence-electron chi connectivity index (χ2n) is 11.3. The van der Waals surface area contributed by atoms with Gasteiger partial charge in [-0.15, -0.1) is 5.10 Å². The maximum absolute atomic E-state index is 15.3. The predicted octanol–water partition coefficient (Wildman–Crippen LogP) is 3.86. The van der Waals surface area contributed by atoms with Crippen molar-refractivity contribution < 1.29 is 9.13 Å². The Morgan fingerprint density at radius 1 is 1.13 bits per heavy atom. The van der Waals surface area contributed by atoms with Gasteiger partial charge in [0.2, 0.25) is 5.95 Å². The maximum Gasteiger partial charge on any atom is 0.243 e. The third-order valence-corrected chi connectivity index (χ3v) is 8.31. The summed E-state index contributed by atoms with van der Waals surface area (Å²) < 4.78 is 24.7. The zero-order chi connectivity index (χ0) is 26.8. The van der Waals surface area contributed by atoms with Crippen molar-refractivity contribution in [1.29, 1.82) is 0 Å². The van der Waals surface area contributed by atoms with Crippen LogP contribution in [0.5, 0.6) is 0 Å². The molecule has 2 saturated heterocycles. The number of aryl methyl sites for hydroxylation is 1. The van der Waals surface area contributed by atoms with E-state index in [0.717, 1.165) is 34.8 Å². The van der Waals surface area contributed by atoms with Crippen LogP contribution in [-0.4, -0.2) is 78.1 Å². The Labute approximate surface area is 221 Å². The Morgan fingerprint density at radius 2 is 1.92 bits per heavy atom. The molecule has 6 rings (SSSR count). The van der Waals surface area contributed by atoms with Gasteiger partial charge in [-0.2, -0.15) is 4.98 Å². The molecule has 6 heterocycles. The number of ether oxygens (including phenoxy) is 1. The summed E-state index contributed by atoms with van der Waals surface area (Å²) in [6.45, 7) is 13.1. The van der Waals surface area contributed by atoms with Crippen molar-refractivity contribution in [2.75, 3.05) is 37.4 Å². The second kappa shape index (κ2) is 9.16. The average Bonchev–Trinajstić information content (AvgIpc) is 3.39. The van der Waals surface area contributed by atoms with Crippen LogP contribution in [-0.2, 0) is 4.74 Å². The first-order valence-corrected chi connectivity index (χ1v) is 13.4. The zero-order valence-corrected chi connectivity index (χ0v) is 22.6. The number of hydrogen-bond donors (Lipinski definition) is 2. The lowest BCUT2D eigenvalue weighted by atomic mass is 9.81. The van der Waals surface area contributed by atoms with E-state index < -0.39 is 6.17 Å². The molecule has 3 N–H and O–H groups in total. The molecule has 0 radical (unpaired) electrons. The Morgan fingerprint density at radius 3 is 2.58 bits per heavy atom. The standard InChI is InChI=1S/C27H36FN9O/c1-15(2)27(13-38-14-27)35-10-9-21(19(28)12-35)32-26-33-24(29)23-18(8-11-36(23)34-26)20-6-7-22-25(31-20)37(16(3)4)17(5)30-22/h6-8,11,15-16,19,21H,9-10,12-14H2,1-5H3,(H3,29,32,33,34). The van der Waals surface area contributed by atoms with Crippen molar-refractivity contribution >= 4 is 28.4 Å². The molecule has 2 atom stereocenters. The number of nitrogen functional groups attached to an aromatic ring is 1. The molecule has 11 heteroatoms. The number of nitrogens with two attached hydrogens (primary N) is 1. The fourth-order valence-electron chi connectivity index (χ4n) is 6.01. The summed E-state index contributed by atoms with van der Waals surface area (Å²) in [5, 5.41) is 7.83. The van der Waals surface area contributed by atoms with Crippen LogP contribution >= 0.6 is 0 Å². The molecule has 10 nitrogen and oxygen atoms in total. The molecule has 4 aromatic rings. The number of imidazole rings is 1. The summed E-state index contributed by atoms with van der Waals surface area (Å²) in [5.74, 6) is 1.97. The summed E-state index contributed by atoms with van der Waals surface area (Å²) in [4.78, 5) is 16.3. The molecule has 0 spiro atoms. The fourth-order valence-corrected chi connectivity index (χ4v) is 6.01. The first-order valence-electron chi connectivity index (χ1n) is 13.4. The molecular formula is C27H36FN9O. The number of likely N-dealkylation sites (tertiary alicyclic amines) is 1. The minimum absolute atomic E-state index is 0.0562. The Balaban J connectivity index is 1.25. The summed E-state index contributed by atoms with van der Waals surface area (Å²) in [6, 6.07) is 5.71. The fraction of sp³-hybridized carbons (Fsp3) is 0.556. The number of fused-ring (bicyclic) bond motifs is 2. The van der Waals surface area contributed by atoms with E-state index in [-0.39, 0.29) is 17.6 Å². The van der Waals surface area contributed by atoms with Crippen molar-refractivity contribution in [3.63, 3.8) is 0 Å². The quantitative estimate of drug-likeness (QED) is 0.394. The summed E-state index contributed by atoms with van der Waals surface area (Å²) in [7, 11) is 0. The Hall–Kier alpha value is -3.31. The number of nitrogens with zero attached hydrogens (tertiary/aromatic N) is 7. The Bertz CT molecular complexity index is 1490. The molecule has 2 fully saturated rings. The lowest BCUT2D eigenvalue weighted by Gasteiger charge is -2.55. The van der Waals surface area contributed by atoms with Gasteiger partial charge in [0.1, 0.15) is 23.0 Å². The monoisotopic (exact) mass is 521 g/mol. The van der Waals surface area contributed by atoms with Crippen molar-refractivity contribution in [3.8, 4) is 11.3 Å². The van der Waals surface area contributed by atoms with Gasteiger partial charge < -0.3 is 20.4 Å². The van der Waals surface area contributed by atoms with E-state index in [1.54, 1.807) is 4.52 Å². The molecule has 0 bridgehead atoms.